The lowest BCUT2D eigenvalue weighted by Crippen LogP contribution is -2.35. The minimum absolute atomic E-state index is 0.0527. The van der Waals surface area contributed by atoms with E-state index in [9.17, 15) is 33.6 Å². The number of ketones is 1. The summed E-state index contributed by atoms with van der Waals surface area (Å²) in [6.45, 7) is 5.70. The van der Waals surface area contributed by atoms with Crippen LogP contribution in [0.2, 0.25) is 0 Å². The summed E-state index contributed by atoms with van der Waals surface area (Å²) in [5.74, 6) is 3.27. The van der Waals surface area contributed by atoms with Gasteiger partial charge in [-0.3, -0.25) is 29.2 Å². The fourth-order valence-corrected chi connectivity index (χ4v) is 8.70. The van der Waals surface area contributed by atoms with E-state index >= 15 is 0 Å². The molecule has 4 heterocycles. The van der Waals surface area contributed by atoms with E-state index < -0.39 is 5.91 Å². The summed E-state index contributed by atoms with van der Waals surface area (Å²) < 4.78 is 47.7. The molecule has 0 saturated heterocycles. The molecular formula is C65H65BrN4O17. The number of hydrogen-bond acceptors (Lipinski definition) is 17. The van der Waals surface area contributed by atoms with Gasteiger partial charge in [0.05, 0.1) is 93.5 Å². The average Bonchev–Trinajstić information content (AvgIpc) is 3.81. The smallest absolute Gasteiger partial charge is 0.337 e. The molecule has 11 rings (SSSR count). The zero-order chi connectivity index (χ0) is 61.8. The topological polar surface area (TPSA) is 253 Å². The predicted molar refractivity (Wildman–Crippen MR) is 322 cm³/mol. The second-order valence-electron chi connectivity index (χ2n) is 18.6. The van der Waals surface area contributed by atoms with E-state index in [1.165, 1.54) is 14.2 Å². The van der Waals surface area contributed by atoms with Gasteiger partial charge >= 0.3 is 11.9 Å². The number of nitrogens with zero attached hydrogens (tertiary/aromatic N) is 2. The van der Waals surface area contributed by atoms with Crippen LogP contribution < -0.4 is 44.0 Å². The van der Waals surface area contributed by atoms with Gasteiger partial charge in [-0.25, -0.2) is 15.1 Å². The lowest BCUT2D eigenvalue weighted by molar-refractivity contribution is 0.0591. The summed E-state index contributed by atoms with van der Waals surface area (Å²) in [6.07, 6.45) is 0.511. The molecule has 3 N–H and O–H groups in total. The molecule has 0 fully saturated rings. The Labute approximate surface area is 511 Å². The second kappa shape index (κ2) is 34.1. The zero-order valence-electron chi connectivity index (χ0n) is 47.8. The summed E-state index contributed by atoms with van der Waals surface area (Å²) in [5.41, 5.74) is 5.35. The molecule has 0 bridgehead atoms. The number of halogens is 1. The van der Waals surface area contributed by atoms with Crippen LogP contribution in [0.4, 0.5) is 0 Å². The summed E-state index contributed by atoms with van der Waals surface area (Å²) >= 11 is 3.26. The fraction of sp³-hybridized carbons (Fsp3) is 0.246. The molecule has 0 atom stereocenters. The first kappa shape index (κ1) is 64.6. The Balaban J connectivity index is 0.000000162. The summed E-state index contributed by atoms with van der Waals surface area (Å²) in [7, 11) is 2.70. The number of esters is 2. The highest BCUT2D eigenvalue weighted by Crippen LogP contribution is 2.26. The third-order valence-corrected chi connectivity index (χ3v) is 13.3. The van der Waals surface area contributed by atoms with E-state index in [1.807, 2.05) is 54.6 Å². The van der Waals surface area contributed by atoms with E-state index in [2.05, 4.69) is 30.7 Å². The molecule has 22 heteroatoms. The highest BCUT2D eigenvalue weighted by atomic mass is 79.9. The van der Waals surface area contributed by atoms with Crippen molar-refractivity contribution in [2.24, 2.45) is 0 Å². The SMILES string of the molecule is COC(=O)c1ccc(OCCBr)cc1.COC(=O)c1ccc(OCCN2CCOc3ccccc3C2=O)cc1.O=C(NO)c1ccc(OCCN2CCOc3ccccc3C2=O)cc1.O=C1CCOc2ccccc21.O=C1NCCOc2ccccc21. The van der Waals surface area contributed by atoms with Crippen molar-refractivity contribution in [1.82, 2.24) is 20.6 Å². The standard InChI is InChI=1S/C19H19NO5.C18H18N2O5.C10H11BrO3.C9H9NO2.C9H8O2/c1-23-19(22)14-6-8-15(9-7-14)24-12-10-20-11-13-25-17-5-3-2-4-16(17)18(20)21;21-17(19-23)13-5-7-14(8-6-13)24-11-9-20-10-12-25-16-4-2-1-3-15(16)18(20)22;1-13-10(12)8-2-4-9(5-3-8)14-7-6-11;11-9-7-3-1-2-4-8(7)12-6-5-10-9;10-8-5-6-11-9-4-2-1-3-7(8)9/h2-9H,10-13H2,1H3;1-8,23H,9-12H2,(H,19,21);2-5H,6-7H2,1H3;1-4H,5-6H2,(H,10,11);1-4H,5-6H2. The maximum atomic E-state index is 12.6. The Hall–Kier alpha value is -9.93. The van der Waals surface area contributed by atoms with Crippen molar-refractivity contribution in [3.63, 3.8) is 0 Å². The van der Waals surface area contributed by atoms with Crippen LogP contribution in [0.3, 0.4) is 0 Å². The molecule has 0 aromatic heterocycles. The van der Waals surface area contributed by atoms with E-state index in [1.54, 1.807) is 131 Å². The summed E-state index contributed by atoms with van der Waals surface area (Å²) in [5, 5.41) is 12.1. The van der Waals surface area contributed by atoms with Gasteiger partial charge in [0.2, 0.25) is 0 Å². The number of alkyl halides is 1. The number of carbonyl (C=O) groups excluding carboxylic acids is 7. The molecule has 7 aromatic rings. The van der Waals surface area contributed by atoms with Crippen LogP contribution in [0, 0.1) is 0 Å². The Morgan fingerprint density at radius 2 is 0.874 bits per heavy atom. The van der Waals surface area contributed by atoms with Crippen LogP contribution in [0.1, 0.15) is 78.9 Å². The third kappa shape index (κ3) is 19.3. The van der Waals surface area contributed by atoms with Crippen LogP contribution in [-0.2, 0) is 9.47 Å². The maximum Gasteiger partial charge on any atom is 0.337 e. The van der Waals surface area contributed by atoms with Crippen molar-refractivity contribution in [3.05, 3.63) is 209 Å². The lowest BCUT2D eigenvalue weighted by Gasteiger charge is -2.20. The molecule has 4 aliphatic heterocycles. The molecule has 454 valence electrons. The van der Waals surface area contributed by atoms with Crippen molar-refractivity contribution in [2.45, 2.75) is 6.42 Å². The number of methoxy groups -OCH3 is 2. The third-order valence-electron chi connectivity index (χ3n) is 13.0. The predicted octanol–water partition coefficient (Wildman–Crippen LogP) is 8.81. The van der Waals surface area contributed by atoms with Gasteiger partial charge < -0.3 is 57.7 Å². The van der Waals surface area contributed by atoms with E-state index in [0.29, 0.717) is 148 Å². The van der Waals surface area contributed by atoms with Crippen LogP contribution in [0.25, 0.3) is 0 Å². The fourth-order valence-electron chi connectivity index (χ4n) is 8.53. The van der Waals surface area contributed by atoms with E-state index in [0.717, 1.165) is 22.4 Å². The number of Topliss-reactive ketones (excluding diaryl/α,β-unsaturated/α-hetero) is 1. The number of nitrogens with one attached hydrogen (secondary N) is 2. The van der Waals surface area contributed by atoms with Crippen molar-refractivity contribution in [1.29, 1.82) is 0 Å². The molecule has 0 saturated carbocycles. The van der Waals surface area contributed by atoms with Gasteiger partial charge in [-0.15, -0.1) is 0 Å². The van der Waals surface area contributed by atoms with Gasteiger partial charge in [0.1, 0.15) is 73.3 Å². The molecule has 7 aromatic carbocycles. The molecule has 0 aliphatic carbocycles. The van der Waals surface area contributed by atoms with Crippen molar-refractivity contribution in [2.75, 3.05) is 98.5 Å². The minimum atomic E-state index is -0.583. The second-order valence-corrected chi connectivity index (χ2v) is 19.4. The van der Waals surface area contributed by atoms with Crippen molar-refractivity contribution < 1.29 is 81.4 Å². The Morgan fingerprint density at radius 1 is 0.494 bits per heavy atom. The van der Waals surface area contributed by atoms with Crippen LogP contribution in [-0.4, -0.2) is 155 Å². The monoisotopic (exact) mass is 1250 g/mol. The van der Waals surface area contributed by atoms with Gasteiger partial charge in [0.15, 0.2) is 5.78 Å². The molecule has 0 radical (unpaired) electrons. The average molecular weight is 1250 g/mol. The molecule has 4 amide bonds. The summed E-state index contributed by atoms with van der Waals surface area (Å²) in [6, 6.07) is 48.9. The first-order valence-corrected chi connectivity index (χ1v) is 28.7. The maximum absolute atomic E-state index is 12.6. The highest BCUT2D eigenvalue weighted by molar-refractivity contribution is 9.09. The van der Waals surface area contributed by atoms with Gasteiger partial charge in [0, 0.05) is 17.3 Å². The van der Waals surface area contributed by atoms with Gasteiger partial charge in [-0.2, -0.15) is 0 Å². The van der Waals surface area contributed by atoms with Crippen LogP contribution in [0.15, 0.2) is 170 Å². The Morgan fingerprint density at radius 3 is 1.31 bits per heavy atom. The molecule has 4 aliphatic rings. The molecule has 0 spiro atoms. The van der Waals surface area contributed by atoms with Gasteiger partial charge in [-0.1, -0.05) is 64.5 Å². The highest BCUT2D eigenvalue weighted by Gasteiger charge is 2.25. The number of amides is 4. The number of ether oxygens (including phenoxy) is 9. The quantitative estimate of drug-likeness (QED) is 0.0398. The number of para-hydroxylation sites is 4. The number of carbonyl (C=O) groups is 7. The van der Waals surface area contributed by atoms with Crippen LogP contribution >= 0.6 is 15.9 Å². The minimum Gasteiger partial charge on any atom is -0.493 e. The number of rotatable bonds is 14. The molecule has 87 heavy (non-hydrogen) atoms. The first-order valence-electron chi connectivity index (χ1n) is 27.5. The number of benzene rings is 7. The lowest BCUT2D eigenvalue weighted by atomic mass is 10.1. The molecule has 21 nitrogen and oxygen atoms in total. The Bertz CT molecular complexity index is 3290. The van der Waals surface area contributed by atoms with E-state index in [-0.39, 0.29) is 35.4 Å². The number of hydroxylamine groups is 1. The van der Waals surface area contributed by atoms with Crippen molar-refractivity contribution >= 4 is 57.3 Å². The summed E-state index contributed by atoms with van der Waals surface area (Å²) in [4.78, 5) is 84.8. The van der Waals surface area contributed by atoms with Gasteiger partial charge in [-0.05, 0) is 121 Å². The zero-order valence-corrected chi connectivity index (χ0v) is 49.4. The number of hydrogen-bond donors (Lipinski definition) is 3. The largest absolute Gasteiger partial charge is 0.493 e. The normalized spacial score (nSPS) is 13.4. The number of fused-ring (bicyclic) bond motifs is 4. The Kier molecular flexibility index (Phi) is 25.4. The van der Waals surface area contributed by atoms with Crippen molar-refractivity contribution in [3.8, 4) is 40.2 Å². The molecule has 0 unspecified atom stereocenters. The van der Waals surface area contributed by atoms with E-state index in [4.69, 9.17) is 38.4 Å². The van der Waals surface area contributed by atoms with Gasteiger partial charge in [0.25, 0.3) is 23.6 Å². The van der Waals surface area contributed by atoms with Crippen LogP contribution in [0.5, 0.6) is 40.2 Å². The molecular weight excluding hydrogens is 1190 g/mol. The first-order chi connectivity index (χ1) is 42.4.